The van der Waals surface area contributed by atoms with Crippen molar-refractivity contribution in [2.24, 2.45) is 0 Å². The van der Waals surface area contributed by atoms with Gasteiger partial charge in [0.05, 0.1) is 17.6 Å². The Labute approximate surface area is 216 Å². The highest BCUT2D eigenvalue weighted by atomic mass is 32.2. The molecule has 0 fully saturated rings. The molecule has 35 heavy (non-hydrogen) atoms. The maximum absolute atomic E-state index is 12.2. The Bertz CT molecular complexity index is 696. The molecule has 204 valence electrons. The van der Waals surface area contributed by atoms with Gasteiger partial charge in [-0.2, -0.15) is 0 Å². The summed E-state index contributed by atoms with van der Waals surface area (Å²) in [5.41, 5.74) is 0.891. The number of sulfone groups is 1. The fraction of sp³-hybridized carbons (Fsp3) is 0.793. The molecule has 0 aliphatic rings. The minimum atomic E-state index is -2.98. The van der Waals surface area contributed by atoms with Gasteiger partial charge in [0.2, 0.25) is 0 Å². The van der Waals surface area contributed by atoms with E-state index in [1.165, 1.54) is 77.0 Å². The van der Waals surface area contributed by atoms with Gasteiger partial charge in [-0.05, 0) is 31.9 Å². The van der Waals surface area contributed by atoms with Crippen molar-refractivity contribution in [2.45, 2.75) is 128 Å². The standard InChI is InChI=1S/C29H53NO4S/c1-27(34-2)29(31)30-24-20-15-13-11-9-7-5-3-4-6-8-10-12-14-16-21-25-35(32,33)26-28-22-18-17-19-23-28/h17-19,22-23,27,29-31H,3-16,20-21,24-26H2,1-2H3. The van der Waals surface area contributed by atoms with Crippen LogP contribution in [0.1, 0.15) is 115 Å². The van der Waals surface area contributed by atoms with Gasteiger partial charge in [-0.25, -0.2) is 8.42 Å². The molecule has 0 heterocycles. The number of benzene rings is 1. The fourth-order valence-corrected chi connectivity index (χ4v) is 5.86. The summed E-state index contributed by atoms with van der Waals surface area (Å²) in [6.07, 6.45) is 19.2. The van der Waals surface area contributed by atoms with Gasteiger partial charge in [0, 0.05) is 7.11 Å². The average molecular weight is 512 g/mol. The normalized spacial score (nSPS) is 13.7. The van der Waals surface area contributed by atoms with Crippen LogP contribution in [0.5, 0.6) is 0 Å². The predicted molar refractivity (Wildman–Crippen MR) is 148 cm³/mol. The van der Waals surface area contributed by atoms with E-state index in [1.807, 2.05) is 37.3 Å². The predicted octanol–water partition coefficient (Wildman–Crippen LogP) is 6.79. The van der Waals surface area contributed by atoms with E-state index in [0.717, 1.165) is 37.8 Å². The van der Waals surface area contributed by atoms with Gasteiger partial charge >= 0.3 is 0 Å². The molecule has 6 heteroatoms. The van der Waals surface area contributed by atoms with Crippen molar-refractivity contribution >= 4 is 9.84 Å². The number of methoxy groups -OCH3 is 1. The van der Waals surface area contributed by atoms with Crippen LogP contribution in [0, 0.1) is 0 Å². The van der Waals surface area contributed by atoms with Crippen LogP contribution in [-0.4, -0.2) is 45.3 Å². The Kier molecular flexibility index (Phi) is 19.4. The van der Waals surface area contributed by atoms with Crippen molar-refractivity contribution in [1.29, 1.82) is 0 Å². The maximum atomic E-state index is 12.2. The molecular weight excluding hydrogens is 458 g/mol. The van der Waals surface area contributed by atoms with E-state index >= 15 is 0 Å². The number of nitrogens with one attached hydrogen (secondary N) is 1. The lowest BCUT2D eigenvalue weighted by Gasteiger charge is -2.18. The maximum Gasteiger partial charge on any atom is 0.154 e. The van der Waals surface area contributed by atoms with E-state index < -0.39 is 16.1 Å². The summed E-state index contributed by atoms with van der Waals surface area (Å²) in [5.74, 6) is 0.490. The van der Waals surface area contributed by atoms with Gasteiger partial charge in [0.15, 0.2) is 9.84 Å². The highest BCUT2D eigenvalue weighted by molar-refractivity contribution is 7.90. The molecule has 0 saturated heterocycles. The van der Waals surface area contributed by atoms with E-state index in [4.69, 9.17) is 4.74 Å². The fourth-order valence-electron chi connectivity index (χ4n) is 4.37. The summed E-state index contributed by atoms with van der Waals surface area (Å²) < 4.78 is 29.5. The molecule has 5 nitrogen and oxygen atoms in total. The van der Waals surface area contributed by atoms with Crippen molar-refractivity contribution in [2.75, 3.05) is 19.4 Å². The summed E-state index contributed by atoms with van der Waals surface area (Å²) >= 11 is 0. The molecular formula is C29H53NO4S. The average Bonchev–Trinajstić information content (AvgIpc) is 2.85. The van der Waals surface area contributed by atoms with Crippen LogP contribution in [0.15, 0.2) is 30.3 Å². The SMILES string of the molecule is COC(C)C(O)NCCCCCCCCCCCCCCCCCCS(=O)(=O)Cc1ccccc1. The van der Waals surface area contributed by atoms with Crippen molar-refractivity contribution in [3.8, 4) is 0 Å². The zero-order valence-electron chi connectivity index (χ0n) is 22.6. The third kappa shape index (κ3) is 18.9. The van der Waals surface area contributed by atoms with Gasteiger partial charge in [-0.3, -0.25) is 5.32 Å². The first-order valence-corrected chi connectivity index (χ1v) is 16.0. The number of hydrogen-bond acceptors (Lipinski definition) is 5. The zero-order valence-corrected chi connectivity index (χ0v) is 23.4. The Balaban J connectivity index is 1.78. The van der Waals surface area contributed by atoms with Gasteiger partial charge in [0.1, 0.15) is 6.23 Å². The number of ether oxygens (including phenoxy) is 1. The summed E-state index contributed by atoms with van der Waals surface area (Å²) in [7, 11) is -1.36. The lowest BCUT2D eigenvalue weighted by Crippen LogP contribution is -2.39. The van der Waals surface area contributed by atoms with Crippen molar-refractivity contribution in [1.82, 2.24) is 5.32 Å². The molecule has 0 spiro atoms. The van der Waals surface area contributed by atoms with Crippen molar-refractivity contribution in [3.05, 3.63) is 35.9 Å². The second-order valence-electron chi connectivity index (χ2n) is 10.1. The topological polar surface area (TPSA) is 75.6 Å². The number of aliphatic hydroxyl groups is 1. The molecule has 0 radical (unpaired) electrons. The molecule has 2 atom stereocenters. The number of hydrogen-bond donors (Lipinski definition) is 2. The smallest absolute Gasteiger partial charge is 0.154 e. The molecule has 1 aromatic rings. The van der Waals surface area contributed by atoms with E-state index in [2.05, 4.69) is 5.32 Å². The molecule has 0 aromatic heterocycles. The molecule has 0 bridgehead atoms. The Morgan fingerprint density at radius 1 is 0.743 bits per heavy atom. The third-order valence-electron chi connectivity index (χ3n) is 6.78. The van der Waals surface area contributed by atoms with E-state index in [1.54, 1.807) is 7.11 Å². The highest BCUT2D eigenvalue weighted by Gasteiger charge is 2.12. The Morgan fingerprint density at radius 3 is 1.63 bits per heavy atom. The van der Waals surface area contributed by atoms with E-state index in [0.29, 0.717) is 5.75 Å². The molecule has 0 saturated carbocycles. The van der Waals surface area contributed by atoms with Crippen LogP contribution >= 0.6 is 0 Å². The van der Waals surface area contributed by atoms with Crippen LogP contribution in [0.3, 0.4) is 0 Å². The first kappa shape index (κ1) is 32.1. The largest absolute Gasteiger partial charge is 0.378 e. The number of aliphatic hydroxyl groups excluding tert-OH is 1. The van der Waals surface area contributed by atoms with Crippen molar-refractivity contribution < 1.29 is 18.3 Å². The minimum Gasteiger partial charge on any atom is -0.378 e. The first-order chi connectivity index (χ1) is 16.9. The van der Waals surface area contributed by atoms with Crippen molar-refractivity contribution in [3.63, 3.8) is 0 Å². The lowest BCUT2D eigenvalue weighted by molar-refractivity contribution is -0.0180. The lowest BCUT2D eigenvalue weighted by atomic mass is 10.0. The Hall–Kier alpha value is -0.950. The summed E-state index contributed by atoms with van der Waals surface area (Å²) in [6.45, 7) is 2.72. The van der Waals surface area contributed by atoms with Crippen LogP contribution < -0.4 is 5.32 Å². The summed E-state index contributed by atoms with van der Waals surface area (Å²) in [5, 5.41) is 12.9. The summed E-state index contributed by atoms with van der Waals surface area (Å²) in [6, 6.07) is 9.49. The van der Waals surface area contributed by atoms with E-state index in [9.17, 15) is 13.5 Å². The first-order valence-electron chi connectivity index (χ1n) is 14.1. The quantitative estimate of drug-likeness (QED) is 0.118. The zero-order chi connectivity index (χ0) is 25.6. The summed E-state index contributed by atoms with van der Waals surface area (Å²) in [4.78, 5) is 0. The number of rotatable bonds is 24. The monoisotopic (exact) mass is 511 g/mol. The van der Waals surface area contributed by atoms with Gasteiger partial charge in [-0.15, -0.1) is 0 Å². The van der Waals surface area contributed by atoms with Crippen LogP contribution in [0.4, 0.5) is 0 Å². The molecule has 2 unspecified atom stereocenters. The molecule has 0 amide bonds. The van der Waals surface area contributed by atoms with Crippen LogP contribution in [-0.2, 0) is 20.3 Å². The van der Waals surface area contributed by atoms with E-state index in [-0.39, 0.29) is 11.9 Å². The van der Waals surface area contributed by atoms with Crippen LogP contribution in [0.2, 0.25) is 0 Å². The van der Waals surface area contributed by atoms with Gasteiger partial charge in [0.25, 0.3) is 0 Å². The van der Waals surface area contributed by atoms with Gasteiger partial charge < -0.3 is 9.84 Å². The second-order valence-corrected chi connectivity index (χ2v) is 12.3. The second kappa shape index (κ2) is 21.2. The Morgan fingerprint density at radius 2 is 1.17 bits per heavy atom. The molecule has 1 aromatic carbocycles. The molecule has 0 aliphatic heterocycles. The molecule has 1 rings (SSSR count). The molecule has 2 N–H and O–H groups in total. The number of unbranched alkanes of at least 4 members (excludes halogenated alkanes) is 15. The molecule has 0 aliphatic carbocycles. The minimum absolute atomic E-state index is 0.163. The highest BCUT2D eigenvalue weighted by Crippen LogP contribution is 2.14. The van der Waals surface area contributed by atoms with Gasteiger partial charge in [-0.1, -0.05) is 120 Å². The van der Waals surface area contributed by atoms with Crippen LogP contribution in [0.25, 0.3) is 0 Å². The third-order valence-corrected chi connectivity index (χ3v) is 8.47.